The van der Waals surface area contributed by atoms with Gasteiger partial charge in [0.25, 0.3) is 5.56 Å². The molecule has 0 fully saturated rings. The molecule has 5 heteroatoms. The normalized spacial score (nSPS) is 10.8. The van der Waals surface area contributed by atoms with Gasteiger partial charge in [0.2, 0.25) is 5.91 Å². The van der Waals surface area contributed by atoms with Crippen molar-refractivity contribution in [3.05, 3.63) is 63.9 Å². The van der Waals surface area contributed by atoms with Gasteiger partial charge in [-0.2, -0.15) is 0 Å². The number of fused-ring (bicyclic) bond motifs is 1. The Hall–Kier alpha value is -2.40. The maximum Gasteiger partial charge on any atom is 0.259 e. The molecule has 1 N–H and O–H groups in total. The molecule has 112 valence electrons. The summed E-state index contributed by atoms with van der Waals surface area (Å²) in [6.45, 7) is 2.10. The molecular formula is C17H16N2O2S. The molecule has 0 aliphatic heterocycles. The van der Waals surface area contributed by atoms with E-state index in [1.165, 1.54) is 21.5 Å². The van der Waals surface area contributed by atoms with E-state index >= 15 is 0 Å². The SMILES string of the molecule is CCc1ccc(NC(=O)Cn2ccc3sccc3c2=O)cc1. The predicted octanol–water partition coefficient (Wildman–Crippen LogP) is 3.26. The van der Waals surface area contributed by atoms with E-state index < -0.39 is 0 Å². The van der Waals surface area contributed by atoms with E-state index in [1.54, 1.807) is 12.3 Å². The van der Waals surface area contributed by atoms with Crippen LogP contribution in [-0.4, -0.2) is 10.5 Å². The van der Waals surface area contributed by atoms with Gasteiger partial charge in [0.1, 0.15) is 6.54 Å². The van der Waals surface area contributed by atoms with Crippen LogP contribution in [0.3, 0.4) is 0 Å². The molecule has 0 radical (unpaired) electrons. The first-order valence-corrected chi connectivity index (χ1v) is 8.01. The monoisotopic (exact) mass is 312 g/mol. The van der Waals surface area contributed by atoms with Gasteiger partial charge in [-0.25, -0.2) is 0 Å². The maximum absolute atomic E-state index is 12.3. The highest BCUT2D eigenvalue weighted by Gasteiger charge is 2.08. The number of nitrogens with one attached hydrogen (secondary N) is 1. The fraction of sp³-hybridized carbons (Fsp3) is 0.176. The highest BCUT2D eigenvalue weighted by atomic mass is 32.1. The summed E-state index contributed by atoms with van der Waals surface area (Å²) in [7, 11) is 0. The summed E-state index contributed by atoms with van der Waals surface area (Å²) in [5.74, 6) is -0.207. The first kappa shape index (κ1) is 14.5. The van der Waals surface area contributed by atoms with E-state index in [1.807, 2.05) is 35.7 Å². The summed E-state index contributed by atoms with van der Waals surface area (Å²) in [5, 5.41) is 5.36. The Morgan fingerprint density at radius 2 is 1.95 bits per heavy atom. The van der Waals surface area contributed by atoms with E-state index in [9.17, 15) is 9.59 Å². The molecule has 0 atom stereocenters. The van der Waals surface area contributed by atoms with Crippen LogP contribution in [0.5, 0.6) is 0 Å². The smallest absolute Gasteiger partial charge is 0.259 e. The zero-order valence-corrected chi connectivity index (χ0v) is 13.0. The maximum atomic E-state index is 12.3. The Kier molecular flexibility index (Phi) is 4.06. The van der Waals surface area contributed by atoms with Gasteiger partial charge in [-0.15, -0.1) is 11.3 Å². The predicted molar refractivity (Wildman–Crippen MR) is 90.5 cm³/mol. The van der Waals surface area contributed by atoms with Crippen LogP contribution in [0.2, 0.25) is 0 Å². The molecule has 3 aromatic rings. The minimum absolute atomic E-state index is 0.0140. The zero-order valence-electron chi connectivity index (χ0n) is 12.2. The van der Waals surface area contributed by atoms with Gasteiger partial charge in [-0.05, 0) is 41.6 Å². The fourth-order valence-electron chi connectivity index (χ4n) is 2.31. The van der Waals surface area contributed by atoms with Crippen molar-refractivity contribution in [2.24, 2.45) is 0 Å². The number of hydrogen-bond donors (Lipinski definition) is 1. The van der Waals surface area contributed by atoms with E-state index in [0.717, 1.165) is 16.8 Å². The molecular weight excluding hydrogens is 296 g/mol. The van der Waals surface area contributed by atoms with Crippen LogP contribution in [0, 0.1) is 0 Å². The number of aromatic nitrogens is 1. The van der Waals surface area contributed by atoms with Crippen molar-refractivity contribution in [1.29, 1.82) is 0 Å². The number of hydrogen-bond acceptors (Lipinski definition) is 3. The second-order valence-electron chi connectivity index (χ2n) is 5.05. The third-order valence-corrected chi connectivity index (χ3v) is 4.43. The lowest BCUT2D eigenvalue weighted by Crippen LogP contribution is -2.26. The highest BCUT2D eigenvalue weighted by molar-refractivity contribution is 7.17. The van der Waals surface area contributed by atoms with Crippen molar-refractivity contribution in [3.8, 4) is 0 Å². The molecule has 0 unspecified atom stereocenters. The number of anilines is 1. The van der Waals surface area contributed by atoms with E-state index in [2.05, 4.69) is 12.2 Å². The second-order valence-corrected chi connectivity index (χ2v) is 5.99. The summed E-state index contributed by atoms with van der Waals surface area (Å²) >= 11 is 1.52. The Balaban J connectivity index is 1.74. The van der Waals surface area contributed by atoms with Crippen LogP contribution in [-0.2, 0) is 17.8 Å². The summed E-state index contributed by atoms with van der Waals surface area (Å²) in [4.78, 5) is 24.3. The molecule has 0 aliphatic rings. The highest BCUT2D eigenvalue weighted by Crippen LogP contribution is 2.16. The molecule has 1 amide bonds. The minimum atomic E-state index is -0.207. The molecule has 3 rings (SSSR count). The zero-order chi connectivity index (χ0) is 15.5. The Morgan fingerprint density at radius 3 is 2.68 bits per heavy atom. The number of amides is 1. The molecule has 2 heterocycles. The fourth-order valence-corrected chi connectivity index (χ4v) is 3.08. The third kappa shape index (κ3) is 2.94. The molecule has 4 nitrogen and oxygen atoms in total. The molecule has 22 heavy (non-hydrogen) atoms. The average Bonchev–Trinajstić information content (AvgIpc) is 3.00. The van der Waals surface area contributed by atoms with Crippen LogP contribution in [0.15, 0.2) is 52.8 Å². The summed E-state index contributed by atoms with van der Waals surface area (Å²) in [6, 6.07) is 11.4. The molecule has 0 aliphatic carbocycles. The van der Waals surface area contributed by atoms with E-state index in [4.69, 9.17) is 0 Å². The molecule has 0 bridgehead atoms. The lowest BCUT2D eigenvalue weighted by atomic mass is 10.1. The summed E-state index contributed by atoms with van der Waals surface area (Å²) in [6.07, 6.45) is 2.63. The van der Waals surface area contributed by atoms with Crippen molar-refractivity contribution in [1.82, 2.24) is 4.57 Å². The van der Waals surface area contributed by atoms with Gasteiger partial charge in [0.05, 0.1) is 5.39 Å². The van der Waals surface area contributed by atoms with E-state index in [-0.39, 0.29) is 18.0 Å². The number of nitrogens with zero attached hydrogens (tertiary/aromatic N) is 1. The largest absolute Gasteiger partial charge is 0.325 e. The second kappa shape index (κ2) is 6.15. The number of aryl methyl sites for hydroxylation is 1. The molecule has 0 saturated heterocycles. The number of carbonyl (C=O) groups excluding carboxylic acids is 1. The molecule has 2 aromatic heterocycles. The van der Waals surface area contributed by atoms with Crippen LogP contribution in [0.4, 0.5) is 5.69 Å². The van der Waals surface area contributed by atoms with Gasteiger partial charge in [-0.1, -0.05) is 19.1 Å². The van der Waals surface area contributed by atoms with Gasteiger partial charge >= 0.3 is 0 Å². The van der Waals surface area contributed by atoms with Crippen LogP contribution < -0.4 is 10.9 Å². The van der Waals surface area contributed by atoms with Gasteiger partial charge < -0.3 is 9.88 Å². The minimum Gasteiger partial charge on any atom is -0.325 e. The first-order chi connectivity index (χ1) is 10.7. The number of thiophene rings is 1. The lowest BCUT2D eigenvalue weighted by molar-refractivity contribution is -0.116. The van der Waals surface area contributed by atoms with Gasteiger partial charge in [0.15, 0.2) is 0 Å². The van der Waals surface area contributed by atoms with Crippen molar-refractivity contribution in [2.45, 2.75) is 19.9 Å². The molecule has 0 spiro atoms. The quantitative estimate of drug-likeness (QED) is 0.804. The molecule has 0 saturated carbocycles. The van der Waals surface area contributed by atoms with Crippen LogP contribution in [0.1, 0.15) is 12.5 Å². The standard InChI is InChI=1S/C17H16N2O2S/c1-2-12-3-5-13(6-4-12)18-16(20)11-19-9-7-15-14(17(19)21)8-10-22-15/h3-10H,2,11H2,1H3,(H,18,20). The lowest BCUT2D eigenvalue weighted by Gasteiger charge is -2.08. The number of carbonyl (C=O) groups is 1. The van der Waals surface area contributed by atoms with E-state index in [0.29, 0.717) is 5.39 Å². The van der Waals surface area contributed by atoms with Gasteiger partial charge in [-0.3, -0.25) is 9.59 Å². The first-order valence-electron chi connectivity index (χ1n) is 7.13. The Labute approximate surface area is 132 Å². The average molecular weight is 312 g/mol. The topological polar surface area (TPSA) is 51.1 Å². The number of benzene rings is 1. The van der Waals surface area contributed by atoms with Crippen molar-refractivity contribution in [3.63, 3.8) is 0 Å². The third-order valence-electron chi connectivity index (χ3n) is 3.55. The van der Waals surface area contributed by atoms with Crippen LogP contribution >= 0.6 is 11.3 Å². The van der Waals surface area contributed by atoms with Crippen molar-refractivity contribution < 1.29 is 4.79 Å². The Morgan fingerprint density at radius 1 is 1.18 bits per heavy atom. The van der Waals surface area contributed by atoms with Crippen molar-refractivity contribution in [2.75, 3.05) is 5.32 Å². The Bertz CT molecular complexity index is 862. The van der Waals surface area contributed by atoms with Crippen LogP contribution in [0.25, 0.3) is 10.1 Å². The number of pyridine rings is 1. The molecule has 1 aromatic carbocycles. The van der Waals surface area contributed by atoms with Gasteiger partial charge in [0, 0.05) is 16.6 Å². The summed E-state index contributed by atoms with van der Waals surface area (Å²) in [5.41, 5.74) is 1.83. The van der Waals surface area contributed by atoms with Crippen molar-refractivity contribution >= 4 is 33.0 Å². The summed E-state index contributed by atoms with van der Waals surface area (Å²) < 4.78 is 2.38. The number of rotatable bonds is 4.